The summed E-state index contributed by atoms with van der Waals surface area (Å²) in [6.45, 7) is 1.35. The summed E-state index contributed by atoms with van der Waals surface area (Å²) >= 11 is 1.34. The second kappa shape index (κ2) is 6.00. The highest BCUT2D eigenvalue weighted by atomic mass is 32.1. The molecule has 4 rings (SSSR count). The number of carbonyl (C=O) groups excluding carboxylic acids is 1. The highest BCUT2D eigenvalue weighted by Crippen LogP contribution is 2.44. The van der Waals surface area contributed by atoms with Gasteiger partial charge in [0.1, 0.15) is 5.01 Å². The molecule has 1 atom stereocenters. The number of carbonyl (C=O) groups is 1. The summed E-state index contributed by atoms with van der Waals surface area (Å²) in [6, 6.07) is 12.0. The van der Waals surface area contributed by atoms with Crippen LogP contribution in [0.5, 0.6) is 5.75 Å². The zero-order chi connectivity index (χ0) is 18.5. The molecule has 1 aliphatic heterocycles. The fourth-order valence-electron chi connectivity index (χ4n) is 2.91. The number of anilines is 1. The third-order valence-electron chi connectivity index (χ3n) is 4.12. The molecule has 3 aromatic rings. The number of nitrogens with zero attached hydrogens (tertiary/aromatic N) is 2. The predicted molar refractivity (Wildman–Crippen MR) is 93.5 cm³/mol. The van der Waals surface area contributed by atoms with Crippen molar-refractivity contribution in [3.05, 3.63) is 53.0 Å². The van der Waals surface area contributed by atoms with E-state index in [1.54, 1.807) is 6.07 Å². The topological polar surface area (TPSA) is 62.7 Å². The molecule has 0 fully saturated rings. The van der Waals surface area contributed by atoms with Crippen LogP contribution in [-0.4, -0.2) is 22.1 Å². The molecule has 8 heteroatoms. The van der Waals surface area contributed by atoms with E-state index in [0.717, 1.165) is 15.1 Å². The molecule has 5 nitrogen and oxygen atoms in total. The molecule has 0 saturated heterocycles. The average molecular weight is 376 g/mol. The van der Waals surface area contributed by atoms with Gasteiger partial charge in [0.15, 0.2) is 5.75 Å². The van der Waals surface area contributed by atoms with Crippen molar-refractivity contribution >= 4 is 33.1 Å². The monoisotopic (exact) mass is 376 g/mol. The standard InChI is InChI=1S/C18H14F2N2O3S/c1-10(23)11-5-4-7-13-16(11)25-18(19,20)17(24)22(13)9-15-21-12-6-2-3-8-14(12)26-15/h2-8,10,23H,9H2,1H3. The summed E-state index contributed by atoms with van der Waals surface area (Å²) in [5.74, 6) is -1.64. The largest absolute Gasteiger partial charge is 0.483 e. The van der Waals surface area contributed by atoms with E-state index >= 15 is 0 Å². The first kappa shape index (κ1) is 16.9. The lowest BCUT2D eigenvalue weighted by Gasteiger charge is -2.34. The maximum absolute atomic E-state index is 14.2. The van der Waals surface area contributed by atoms with Gasteiger partial charge in [0.2, 0.25) is 0 Å². The molecule has 2 heterocycles. The van der Waals surface area contributed by atoms with Crippen molar-refractivity contribution < 1.29 is 23.4 Å². The van der Waals surface area contributed by atoms with E-state index in [-0.39, 0.29) is 23.5 Å². The molecule has 1 aliphatic rings. The number of amides is 1. The van der Waals surface area contributed by atoms with Gasteiger partial charge in [0, 0.05) is 5.56 Å². The van der Waals surface area contributed by atoms with Gasteiger partial charge in [-0.25, -0.2) is 4.98 Å². The second-order valence-corrected chi connectivity index (χ2v) is 7.07. The van der Waals surface area contributed by atoms with Gasteiger partial charge in [-0.2, -0.15) is 8.78 Å². The number of rotatable bonds is 3. The van der Waals surface area contributed by atoms with E-state index in [4.69, 9.17) is 0 Å². The molecular weight excluding hydrogens is 362 g/mol. The third kappa shape index (κ3) is 2.71. The molecule has 0 radical (unpaired) electrons. The number of benzene rings is 2. The van der Waals surface area contributed by atoms with Crippen molar-refractivity contribution in [3.8, 4) is 5.75 Å². The maximum Gasteiger partial charge on any atom is 0.483 e. The average Bonchev–Trinajstić information content (AvgIpc) is 3.00. The maximum atomic E-state index is 14.2. The fourth-order valence-corrected chi connectivity index (χ4v) is 3.87. The minimum Gasteiger partial charge on any atom is -0.423 e. The SMILES string of the molecule is CC(O)c1cccc2c1OC(F)(F)C(=O)N2Cc1nc2ccccc2s1. The number of halogens is 2. The first-order valence-electron chi connectivity index (χ1n) is 7.91. The van der Waals surface area contributed by atoms with Crippen molar-refractivity contribution in [2.24, 2.45) is 0 Å². The van der Waals surface area contributed by atoms with Crippen molar-refractivity contribution in [3.63, 3.8) is 0 Å². The van der Waals surface area contributed by atoms with E-state index in [9.17, 15) is 18.7 Å². The zero-order valence-corrected chi connectivity index (χ0v) is 14.5. The summed E-state index contributed by atoms with van der Waals surface area (Å²) in [5, 5.41) is 10.4. The lowest BCUT2D eigenvalue weighted by Crippen LogP contribution is -2.50. The highest BCUT2D eigenvalue weighted by Gasteiger charge is 2.51. The number of hydrogen-bond acceptors (Lipinski definition) is 5. The van der Waals surface area contributed by atoms with Crippen LogP contribution in [0.2, 0.25) is 0 Å². The molecule has 26 heavy (non-hydrogen) atoms. The lowest BCUT2D eigenvalue weighted by molar-refractivity contribution is -0.193. The number of alkyl halides is 2. The molecule has 1 aromatic heterocycles. The predicted octanol–water partition coefficient (Wildman–Crippen LogP) is 3.87. The Kier molecular flexibility index (Phi) is 3.89. The number of aliphatic hydroxyl groups excluding tert-OH is 1. The molecule has 0 bridgehead atoms. The Labute approximate surface area is 151 Å². The Morgan fingerprint density at radius 3 is 2.77 bits per heavy atom. The Morgan fingerprint density at radius 2 is 2.04 bits per heavy atom. The van der Waals surface area contributed by atoms with Crippen LogP contribution in [0.1, 0.15) is 23.6 Å². The minimum atomic E-state index is -4.01. The van der Waals surface area contributed by atoms with Crippen LogP contribution in [-0.2, 0) is 11.3 Å². The number of aliphatic hydroxyl groups is 1. The lowest BCUT2D eigenvalue weighted by atomic mass is 10.1. The Bertz CT molecular complexity index is 970. The van der Waals surface area contributed by atoms with Crippen LogP contribution < -0.4 is 9.64 Å². The highest BCUT2D eigenvalue weighted by molar-refractivity contribution is 7.18. The summed E-state index contributed by atoms with van der Waals surface area (Å²) in [5.41, 5.74) is 1.14. The van der Waals surface area contributed by atoms with Gasteiger partial charge in [-0.1, -0.05) is 24.3 Å². The first-order valence-corrected chi connectivity index (χ1v) is 8.72. The summed E-state index contributed by atoms with van der Waals surface area (Å²) in [6.07, 6.45) is -5.02. The van der Waals surface area contributed by atoms with E-state index in [2.05, 4.69) is 9.72 Å². The van der Waals surface area contributed by atoms with Crippen LogP contribution in [0.4, 0.5) is 14.5 Å². The smallest absolute Gasteiger partial charge is 0.423 e. The molecule has 1 unspecified atom stereocenters. The minimum absolute atomic E-state index is 0.104. The van der Waals surface area contributed by atoms with E-state index in [1.807, 2.05) is 24.3 Å². The van der Waals surface area contributed by atoms with Crippen molar-refractivity contribution in [2.45, 2.75) is 25.7 Å². The number of para-hydroxylation sites is 2. The Morgan fingerprint density at radius 1 is 1.27 bits per heavy atom. The molecular formula is C18H14F2N2O3S. The van der Waals surface area contributed by atoms with Crippen molar-refractivity contribution in [2.75, 3.05) is 4.90 Å². The Balaban J connectivity index is 1.80. The number of fused-ring (bicyclic) bond motifs is 2. The van der Waals surface area contributed by atoms with E-state index in [0.29, 0.717) is 5.01 Å². The Hall–Kier alpha value is -2.58. The summed E-state index contributed by atoms with van der Waals surface area (Å²) < 4.78 is 33.9. The van der Waals surface area contributed by atoms with Gasteiger partial charge in [-0.05, 0) is 25.1 Å². The second-order valence-electron chi connectivity index (χ2n) is 5.96. The van der Waals surface area contributed by atoms with Crippen LogP contribution in [0.25, 0.3) is 10.2 Å². The molecule has 1 N–H and O–H groups in total. The molecule has 0 saturated carbocycles. The van der Waals surface area contributed by atoms with E-state index in [1.165, 1.54) is 30.4 Å². The van der Waals surface area contributed by atoms with Gasteiger partial charge < -0.3 is 9.84 Å². The number of ether oxygens (including phenoxy) is 1. The molecule has 134 valence electrons. The van der Waals surface area contributed by atoms with Gasteiger partial charge in [-0.3, -0.25) is 9.69 Å². The first-order chi connectivity index (χ1) is 12.4. The zero-order valence-electron chi connectivity index (χ0n) is 13.6. The van der Waals surface area contributed by atoms with Crippen LogP contribution in [0.15, 0.2) is 42.5 Å². The normalized spacial score (nSPS) is 17.1. The molecule has 2 aromatic carbocycles. The van der Waals surface area contributed by atoms with Crippen molar-refractivity contribution in [1.29, 1.82) is 0 Å². The van der Waals surface area contributed by atoms with Gasteiger partial charge in [-0.15, -0.1) is 11.3 Å². The van der Waals surface area contributed by atoms with Gasteiger partial charge >= 0.3 is 12.0 Å². The van der Waals surface area contributed by atoms with Crippen molar-refractivity contribution in [1.82, 2.24) is 4.98 Å². The third-order valence-corrected chi connectivity index (χ3v) is 5.14. The molecule has 0 spiro atoms. The van der Waals surface area contributed by atoms with Crippen LogP contribution >= 0.6 is 11.3 Å². The fraction of sp³-hybridized carbons (Fsp3) is 0.222. The van der Waals surface area contributed by atoms with Crippen LogP contribution in [0.3, 0.4) is 0 Å². The summed E-state index contributed by atoms with van der Waals surface area (Å²) in [7, 11) is 0. The quantitative estimate of drug-likeness (QED) is 0.754. The van der Waals surface area contributed by atoms with Gasteiger partial charge in [0.05, 0.1) is 28.6 Å². The van der Waals surface area contributed by atoms with Crippen LogP contribution in [0, 0.1) is 0 Å². The summed E-state index contributed by atoms with van der Waals surface area (Å²) in [4.78, 5) is 17.6. The molecule has 1 amide bonds. The number of aromatic nitrogens is 1. The number of thiazole rings is 1. The van der Waals surface area contributed by atoms with Gasteiger partial charge in [0.25, 0.3) is 0 Å². The number of hydrogen-bond donors (Lipinski definition) is 1. The molecule has 0 aliphatic carbocycles. The van der Waals surface area contributed by atoms with E-state index < -0.39 is 18.1 Å².